The Hall–Kier alpha value is -0.780. The Bertz CT molecular complexity index is 441. The number of hydrogen-bond acceptors (Lipinski definition) is 4. The van der Waals surface area contributed by atoms with E-state index in [1.165, 1.54) is 0 Å². The van der Waals surface area contributed by atoms with Gasteiger partial charge in [0.2, 0.25) is 10.0 Å². The van der Waals surface area contributed by atoms with Crippen LogP contribution in [0.1, 0.15) is 52.9 Å². The van der Waals surface area contributed by atoms with Crippen LogP contribution in [0, 0.1) is 5.92 Å². The Balaban J connectivity index is 1.96. The Morgan fingerprint density at radius 1 is 1.33 bits per heavy atom. The number of nitrogens with one attached hydrogen (secondary N) is 1. The molecule has 104 valence electrons. The lowest BCUT2D eigenvalue weighted by Gasteiger charge is -2.22. The number of ether oxygens (including phenoxy) is 1. The minimum atomic E-state index is -3.60. The first-order valence-electron chi connectivity index (χ1n) is 6.39. The SMILES string of the molecule is CC(C)(C)OC(=O)NS(=O)(=O)C1(CC2CC2)CC1. The van der Waals surface area contributed by atoms with Crippen molar-refractivity contribution < 1.29 is 17.9 Å². The summed E-state index contributed by atoms with van der Waals surface area (Å²) < 4.78 is 30.7. The van der Waals surface area contributed by atoms with E-state index in [0.29, 0.717) is 25.2 Å². The van der Waals surface area contributed by atoms with Crippen LogP contribution in [0.3, 0.4) is 0 Å². The smallest absolute Gasteiger partial charge is 0.421 e. The van der Waals surface area contributed by atoms with Crippen LogP contribution in [0.4, 0.5) is 4.79 Å². The van der Waals surface area contributed by atoms with Crippen LogP contribution in [0.15, 0.2) is 0 Å². The predicted octanol–water partition coefficient (Wildman–Crippen LogP) is 2.17. The second-order valence-electron chi connectivity index (χ2n) is 6.44. The lowest BCUT2D eigenvalue weighted by molar-refractivity contribution is 0.0569. The molecule has 0 unspecified atom stereocenters. The summed E-state index contributed by atoms with van der Waals surface area (Å²) >= 11 is 0. The van der Waals surface area contributed by atoms with Gasteiger partial charge in [-0.05, 0) is 46.0 Å². The third-order valence-electron chi connectivity index (χ3n) is 3.35. The minimum Gasteiger partial charge on any atom is -0.443 e. The maximum atomic E-state index is 12.2. The molecule has 0 bridgehead atoms. The van der Waals surface area contributed by atoms with Gasteiger partial charge >= 0.3 is 6.09 Å². The van der Waals surface area contributed by atoms with Gasteiger partial charge in [-0.15, -0.1) is 0 Å². The van der Waals surface area contributed by atoms with Gasteiger partial charge in [0.05, 0.1) is 4.75 Å². The first-order chi connectivity index (χ1) is 8.14. The van der Waals surface area contributed by atoms with Crippen molar-refractivity contribution in [2.75, 3.05) is 0 Å². The van der Waals surface area contributed by atoms with E-state index >= 15 is 0 Å². The van der Waals surface area contributed by atoms with E-state index in [1.807, 2.05) is 0 Å². The fourth-order valence-electron chi connectivity index (χ4n) is 2.09. The summed E-state index contributed by atoms with van der Waals surface area (Å²) in [5.41, 5.74) is -0.688. The highest BCUT2D eigenvalue weighted by molar-refractivity contribution is 7.91. The van der Waals surface area contributed by atoms with E-state index in [-0.39, 0.29) is 0 Å². The summed E-state index contributed by atoms with van der Waals surface area (Å²) in [7, 11) is -3.60. The van der Waals surface area contributed by atoms with Gasteiger partial charge in [-0.3, -0.25) is 0 Å². The number of carbonyl (C=O) groups excluding carboxylic acids is 1. The average Bonchev–Trinajstić information content (AvgIpc) is 2.96. The normalized spacial score (nSPS) is 22.4. The molecule has 2 fully saturated rings. The van der Waals surface area contributed by atoms with Crippen molar-refractivity contribution >= 4 is 16.1 Å². The topological polar surface area (TPSA) is 72.5 Å². The van der Waals surface area contributed by atoms with Crippen molar-refractivity contribution in [3.8, 4) is 0 Å². The third-order valence-corrected chi connectivity index (χ3v) is 5.50. The molecule has 0 radical (unpaired) electrons. The summed E-state index contributed by atoms with van der Waals surface area (Å²) in [4.78, 5) is 11.5. The van der Waals surface area contributed by atoms with Crippen LogP contribution < -0.4 is 4.72 Å². The van der Waals surface area contributed by atoms with E-state index in [4.69, 9.17) is 4.74 Å². The van der Waals surface area contributed by atoms with Gasteiger partial charge in [0.15, 0.2) is 0 Å². The lowest BCUT2D eigenvalue weighted by Crippen LogP contribution is -2.42. The summed E-state index contributed by atoms with van der Waals surface area (Å²) in [6.07, 6.45) is 3.35. The van der Waals surface area contributed by atoms with Crippen LogP contribution in [0.5, 0.6) is 0 Å². The van der Waals surface area contributed by atoms with Crippen LogP contribution >= 0.6 is 0 Å². The summed E-state index contributed by atoms with van der Waals surface area (Å²) in [6.45, 7) is 5.11. The van der Waals surface area contributed by atoms with Gasteiger partial charge in [-0.2, -0.15) is 0 Å². The number of rotatable bonds is 4. The maximum Gasteiger partial charge on any atom is 0.421 e. The maximum absolute atomic E-state index is 12.2. The molecule has 0 atom stereocenters. The molecule has 5 nitrogen and oxygen atoms in total. The molecule has 0 saturated heterocycles. The van der Waals surface area contributed by atoms with Crippen molar-refractivity contribution in [2.45, 2.75) is 63.2 Å². The number of carbonyl (C=O) groups is 1. The molecule has 2 saturated carbocycles. The summed E-state index contributed by atoms with van der Waals surface area (Å²) in [6, 6.07) is 0. The number of amides is 1. The molecule has 1 N–H and O–H groups in total. The van der Waals surface area contributed by atoms with E-state index in [1.54, 1.807) is 20.8 Å². The lowest BCUT2D eigenvalue weighted by atomic mass is 10.2. The Labute approximate surface area is 108 Å². The zero-order chi connectivity index (χ0) is 13.6. The summed E-state index contributed by atoms with van der Waals surface area (Å²) in [5, 5.41) is 0. The standard InChI is InChI=1S/C12H21NO4S/c1-11(2,3)17-10(14)13-18(15,16)12(6-7-12)8-9-4-5-9/h9H,4-8H2,1-3H3,(H,13,14). The average molecular weight is 275 g/mol. The summed E-state index contributed by atoms with van der Waals surface area (Å²) in [5.74, 6) is 0.530. The molecule has 2 rings (SSSR count). The molecule has 0 aromatic heterocycles. The van der Waals surface area contributed by atoms with Crippen molar-refractivity contribution in [1.29, 1.82) is 0 Å². The molecule has 0 aliphatic heterocycles. The van der Waals surface area contributed by atoms with Crippen LogP contribution in [0.25, 0.3) is 0 Å². The Kier molecular flexibility index (Phi) is 3.12. The van der Waals surface area contributed by atoms with Crippen molar-refractivity contribution in [3.05, 3.63) is 0 Å². The predicted molar refractivity (Wildman–Crippen MR) is 67.6 cm³/mol. The molecular weight excluding hydrogens is 254 g/mol. The molecule has 0 spiro atoms. The van der Waals surface area contributed by atoms with Crippen molar-refractivity contribution in [2.24, 2.45) is 5.92 Å². The monoisotopic (exact) mass is 275 g/mol. The first-order valence-corrected chi connectivity index (χ1v) is 7.87. The van der Waals surface area contributed by atoms with E-state index in [9.17, 15) is 13.2 Å². The molecule has 2 aliphatic carbocycles. The van der Waals surface area contributed by atoms with Gasteiger partial charge in [-0.25, -0.2) is 17.9 Å². The van der Waals surface area contributed by atoms with Crippen LogP contribution in [-0.4, -0.2) is 24.9 Å². The zero-order valence-corrected chi connectivity index (χ0v) is 12.0. The Morgan fingerprint density at radius 3 is 2.28 bits per heavy atom. The Morgan fingerprint density at radius 2 is 1.89 bits per heavy atom. The zero-order valence-electron chi connectivity index (χ0n) is 11.2. The van der Waals surface area contributed by atoms with Crippen molar-refractivity contribution in [1.82, 2.24) is 4.72 Å². The van der Waals surface area contributed by atoms with Gasteiger partial charge < -0.3 is 4.74 Å². The molecule has 0 aromatic carbocycles. The van der Waals surface area contributed by atoms with Crippen LogP contribution in [0.2, 0.25) is 0 Å². The van der Waals surface area contributed by atoms with Gasteiger partial charge in [0.25, 0.3) is 0 Å². The molecule has 18 heavy (non-hydrogen) atoms. The van der Waals surface area contributed by atoms with E-state index < -0.39 is 26.5 Å². The first kappa shape index (κ1) is 13.6. The molecule has 6 heteroatoms. The minimum absolute atomic E-state index is 0.530. The van der Waals surface area contributed by atoms with Gasteiger partial charge in [0, 0.05) is 0 Å². The molecule has 2 aliphatic rings. The largest absolute Gasteiger partial charge is 0.443 e. The highest BCUT2D eigenvalue weighted by atomic mass is 32.2. The second-order valence-corrected chi connectivity index (χ2v) is 8.51. The van der Waals surface area contributed by atoms with Crippen molar-refractivity contribution in [3.63, 3.8) is 0 Å². The molecular formula is C12H21NO4S. The second kappa shape index (κ2) is 4.11. The molecule has 0 heterocycles. The van der Waals surface area contributed by atoms with E-state index in [0.717, 1.165) is 12.8 Å². The third kappa shape index (κ3) is 3.16. The molecule has 0 aromatic rings. The van der Waals surface area contributed by atoms with Crippen LogP contribution in [-0.2, 0) is 14.8 Å². The number of hydrogen-bond donors (Lipinski definition) is 1. The highest BCUT2D eigenvalue weighted by Gasteiger charge is 2.57. The fraction of sp³-hybridized carbons (Fsp3) is 0.917. The van der Waals surface area contributed by atoms with E-state index in [2.05, 4.69) is 4.72 Å². The van der Waals surface area contributed by atoms with Gasteiger partial charge in [-0.1, -0.05) is 12.8 Å². The van der Waals surface area contributed by atoms with Gasteiger partial charge in [0.1, 0.15) is 5.60 Å². The fourth-order valence-corrected chi connectivity index (χ4v) is 3.66. The quantitative estimate of drug-likeness (QED) is 0.853. The number of sulfonamides is 1. The molecule has 1 amide bonds. The highest BCUT2D eigenvalue weighted by Crippen LogP contribution is 2.52.